The molecular weight excluding hydrogens is 178 g/mol. The molecule has 0 aromatic heterocycles. The highest BCUT2D eigenvalue weighted by molar-refractivity contribution is 5.87. The first-order valence-corrected chi connectivity index (χ1v) is 5.47. The van der Waals surface area contributed by atoms with E-state index in [4.69, 9.17) is 0 Å². The number of hydrogen-bond donors (Lipinski definition) is 3. The van der Waals surface area contributed by atoms with E-state index in [1.165, 1.54) is 6.42 Å². The van der Waals surface area contributed by atoms with Gasteiger partial charge in [-0.3, -0.25) is 10.1 Å². The first kappa shape index (κ1) is 9.93. The zero-order valence-corrected chi connectivity index (χ0v) is 8.73. The molecule has 2 saturated heterocycles. The van der Waals surface area contributed by atoms with Gasteiger partial charge in [0.05, 0.1) is 0 Å². The Hall–Kier alpha value is -0.610. The summed E-state index contributed by atoms with van der Waals surface area (Å²) in [5, 5.41) is 9.62. The average molecular weight is 197 g/mol. The molecule has 2 fully saturated rings. The maximum absolute atomic E-state index is 11.9. The highest BCUT2D eigenvalue weighted by atomic mass is 16.2. The SMILES string of the molecule is CNCC12CCCC(CCNC1=O)N2. The van der Waals surface area contributed by atoms with E-state index in [2.05, 4.69) is 16.0 Å². The number of hydrogen-bond acceptors (Lipinski definition) is 3. The van der Waals surface area contributed by atoms with E-state index in [-0.39, 0.29) is 11.4 Å². The second-order valence-corrected chi connectivity index (χ2v) is 4.39. The molecule has 2 aliphatic rings. The van der Waals surface area contributed by atoms with Crippen LogP contribution in [-0.4, -0.2) is 37.6 Å². The van der Waals surface area contributed by atoms with Gasteiger partial charge in [-0.2, -0.15) is 0 Å². The third kappa shape index (κ3) is 1.64. The van der Waals surface area contributed by atoms with E-state index in [1.54, 1.807) is 0 Å². The van der Waals surface area contributed by atoms with Crippen LogP contribution in [-0.2, 0) is 4.79 Å². The number of likely N-dealkylation sites (N-methyl/N-ethyl adjacent to an activating group) is 1. The molecule has 4 heteroatoms. The normalized spacial score (nSPS) is 37.5. The molecule has 4 nitrogen and oxygen atoms in total. The summed E-state index contributed by atoms with van der Waals surface area (Å²) in [5.74, 6) is 0.175. The van der Waals surface area contributed by atoms with Crippen molar-refractivity contribution in [2.75, 3.05) is 20.1 Å². The minimum absolute atomic E-state index is 0.175. The molecular formula is C10H19N3O. The third-order valence-corrected chi connectivity index (χ3v) is 3.33. The Morgan fingerprint density at radius 1 is 1.57 bits per heavy atom. The van der Waals surface area contributed by atoms with Gasteiger partial charge < -0.3 is 10.6 Å². The van der Waals surface area contributed by atoms with Crippen molar-refractivity contribution in [3.05, 3.63) is 0 Å². The maximum Gasteiger partial charge on any atom is 0.241 e. The summed E-state index contributed by atoms with van der Waals surface area (Å²) >= 11 is 0. The van der Waals surface area contributed by atoms with E-state index in [0.717, 1.165) is 32.4 Å². The van der Waals surface area contributed by atoms with Gasteiger partial charge in [0, 0.05) is 19.1 Å². The number of rotatable bonds is 2. The molecule has 2 atom stereocenters. The van der Waals surface area contributed by atoms with Crippen LogP contribution in [0, 0.1) is 0 Å². The van der Waals surface area contributed by atoms with Crippen LogP contribution < -0.4 is 16.0 Å². The molecule has 2 bridgehead atoms. The summed E-state index contributed by atoms with van der Waals surface area (Å²) in [6, 6.07) is 0.524. The molecule has 2 unspecified atom stereocenters. The van der Waals surface area contributed by atoms with Crippen LogP contribution in [0.5, 0.6) is 0 Å². The first-order valence-electron chi connectivity index (χ1n) is 5.47. The molecule has 2 rings (SSSR count). The van der Waals surface area contributed by atoms with Crippen LogP contribution in [0.3, 0.4) is 0 Å². The van der Waals surface area contributed by atoms with E-state index < -0.39 is 0 Å². The summed E-state index contributed by atoms with van der Waals surface area (Å²) in [4.78, 5) is 11.9. The second-order valence-electron chi connectivity index (χ2n) is 4.39. The minimum atomic E-state index is -0.339. The van der Waals surface area contributed by atoms with Crippen molar-refractivity contribution in [3.63, 3.8) is 0 Å². The van der Waals surface area contributed by atoms with Crippen molar-refractivity contribution in [2.45, 2.75) is 37.3 Å². The van der Waals surface area contributed by atoms with Gasteiger partial charge in [-0.1, -0.05) is 0 Å². The molecule has 0 spiro atoms. The van der Waals surface area contributed by atoms with Gasteiger partial charge in [-0.15, -0.1) is 0 Å². The molecule has 0 saturated carbocycles. The zero-order valence-electron chi connectivity index (χ0n) is 8.73. The first-order chi connectivity index (χ1) is 6.77. The van der Waals surface area contributed by atoms with Gasteiger partial charge in [-0.25, -0.2) is 0 Å². The molecule has 0 aromatic rings. The molecule has 80 valence electrons. The molecule has 0 radical (unpaired) electrons. The third-order valence-electron chi connectivity index (χ3n) is 3.33. The van der Waals surface area contributed by atoms with Crippen LogP contribution in [0.15, 0.2) is 0 Å². The Balaban J connectivity index is 2.18. The molecule has 1 amide bonds. The van der Waals surface area contributed by atoms with Gasteiger partial charge in [0.1, 0.15) is 5.54 Å². The smallest absolute Gasteiger partial charge is 0.241 e. The number of amides is 1. The quantitative estimate of drug-likeness (QED) is 0.565. The summed E-state index contributed by atoms with van der Waals surface area (Å²) in [7, 11) is 1.90. The number of carbonyl (C=O) groups excluding carboxylic acids is 1. The lowest BCUT2D eigenvalue weighted by Crippen LogP contribution is -2.63. The molecule has 0 aliphatic carbocycles. The molecule has 14 heavy (non-hydrogen) atoms. The summed E-state index contributed by atoms with van der Waals surface area (Å²) in [5.41, 5.74) is -0.339. The number of fused-ring (bicyclic) bond motifs is 2. The lowest BCUT2D eigenvalue weighted by molar-refractivity contribution is -0.128. The van der Waals surface area contributed by atoms with Crippen molar-refractivity contribution in [2.24, 2.45) is 0 Å². The van der Waals surface area contributed by atoms with Crippen molar-refractivity contribution in [1.29, 1.82) is 0 Å². The van der Waals surface area contributed by atoms with Crippen molar-refractivity contribution in [3.8, 4) is 0 Å². The van der Waals surface area contributed by atoms with Crippen molar-refractivity contribution >= 4 is 5.91 Å². The van der Waals surface area contributed by atoms with E-state index in [0.29, 0.717) is 6.04 Å². The molecule has 2 heterocycles. The fourth-order valence-corrected chi connectivity index (χ4v) is 2.63. The molecule has 0 aromatic carbocycles. The van der Waals surface area contributed by atoms with Crippen LogP contribution >= 0.6 is 0 Å². The summed E-state index contributed by atoms with van der Waals surface area (Å²) in [6.07, 6.45) is 4.39. The summed E-state index contributed by atoms with van der Waals surface area (Å²) in [6.45, 7) is 1.55. The standard InChI is InChI=1S/C10H19N3O/c1-11-7-10-5-2-3-8(13-10)4-6-12-9(10)14/h8,11,13H,2-7H2,1H3,(H,12,14). The van der Waals surface area contributed by atoms with Gasteiger partial charge >= 0.3 is 0 Å². The Morgan fingerprint density at radius 2 is 2.43 bits per heavy atom. The minimum Gasteiger partial charge on any atom is -0.354 e. The van der Waals surface area contributed by atoms with Crippen LogP contribution in [0.1, 0.15) is 25.7 Å². The van der Waals surface area contributed by atoms with Crippen LogP contribution in [0.4, 0.5) is 0 Å². The van der Waals surface area contributed by atoms with E-state index in [1.807, 2.05) is 7.05 Å². The Bertz CT molecular complexity index is 227. The largest absolute Gasteiger partial charge is 0.354 e. The number of nitrogens with one attached hydrogen (secondary N) is 3. The topological polar surface area (TPSA) is 53.2 Å². The predicted molar refractivity (Wildman–Crippen MR) is 55.1 cm³/mol. The molecule has 3 N–H and O–H groups in total. The highest BCUT2D eigenvalue weighted by Gasteiger charge is 2.43. The lowest BCUT2D eigenvalue weighted by Gasteiger charge is -2.38. The van der Waals surface area contributed by atoms with Crippen molar-refractivity contribution < 1.29 is 4.79 Å². The fraction of sp³-hybridized carbons (Fsp3) is 0.900. The van der Waals surface area contributed by atoms with E-state index >= 15 is 0 Å². The average Bonchev–Trinajstić information content (AvgIpc) is 2.27. The van der Waals surface area contributed by atoms with Crippen LogP contribution in [0.25, 0.3) is 0 Å². The van der Waals surface area contributed by atoms with Crippen LogP contribution in [0.2, 0.25) is 0 Å². The number of piperidine rings is 1. The monoisotopic (exact) mass is 197 g/mol. The van der Waals surface area contributed by atoms with Gasteiger partial charge in [0.25, 0.3) is 0 Å². The Labute approximate surface area is 84.8 Å². The van der Waals surface area contributed by atoms with E-state index in [9.17, 15) is 4.79 Å². The zero-order chi connectivity index (χ0) is 10.0. The van der Waals surface area contributed by atoms with Gasteiger partial charge in [0.15, 0.2) is 0 Å². The second kappa shape index (κ2) is 3.87. The predicted octanol–water partition coefficient (Wildman–Crippen LogP) is -0.393. The molecule has 2 aliphatic heterocycles. The summed E-state index contributed by atoms with van der Waals surface area (Å²) < 4.78 is 0. The van der Waals surface area contributed by atoms with Gasteiger partial charge in [-0.05, 0) is 32.7 Å². The fourth-order valence-electron chi connectivity index (χ4n) is 2.63. The highest BCUT2D eigenvalue weighted by Crippen LogP contribution is 2.25. The maximum atomic E-state index is 11.9. The Morgan fingerprint density at radius 3 is 3.21 bits per heavy atom. The lowest BCUT2D eigenvalue weighted by atomic mass is 9.85. The van der Waals surface area contributed by atoms with Crippen molar-refractivity contribution in [1.82, 2.24) is 16.0 Å². The van der Waals surface area contributed by atoms with Gasteiger partial charge in [0.2, 0.25) is 5.91 Å². The Kier molecular flexibility index (Phi) is 2.74. The number of carbonyl (C=O) groups is 1.